The SMILES string of the molecule is CCOC(OCC)[SiH](C)CCCNC=O. The summed E-state index contributed by atoms with van der Waals surface area (Å²) in [5.41, 5.74) is 0. The molecule has 0 aliphatic carbocycles. The van der Waals surface area contributed by atoms with Crippen molar-refractivity contribution >= 4 is 15.2 Å². The Morgan fingerprint density at radius 2 is 1.93 bits per heavy atom. The van der Waals surface area contributed by atoms with Crippen molar-refractivity contribution < 1.29 is 14.3 Å². The van der Waals surface area contributed by atoms with E-state index in [2.05, 4.69) is 11.9 Å². The van der Waals surface area contributed by atoms with Crippen molar-refractivity contribution in [1.29, 1.82) is 0 Å². The molecule has 5 heteroatoms. The van der Waals surface area contributed by atoms with Crippen LogP contribution in [0.3, 0.4) is 0 Å². The number of amides is 1. The van der Waals surface area contributed by atoms with Crippen molar-refractivity contribution in [2.75, 3.05) is 19.8 Å². The first kappa shape index (κ1) is 14.6. The van der Waals surface area contributed by atoms with Crippen LogP contribution in [0.5, 0.6) is 0 Å². The number of hydrogen-bond acceptors (Lipinski definition) is 3. The first-order chi connectivity index (χ1) is 7.26. The average molecular weight is 233 g/mol. The number of ether oxygens (including phenoxy) is 2. The Hall–Kier alpha value is -0.393. The number of rotatable bonds is 10. The molecule has 90 valence electrons. The first-order valence-corrected chi connectivity index (χ1v) is 8.30. The van der Waals surface area contributed by atoms with Gasteiger partial charge in [-0.15, -0.1) is 0 Å². The molecule has 0 radical (unpaired) electrons. The lowest BCUT2D eigenvalue weighted by molar-refractivity contribution is -0.109. The van der Waals surface area contributed by atoms with Crippen LogP contribution in [-0.2, 0) is 14.3 Å². The first-order valence-electron chi connectivity index (χ1n) is 5.66. The molecule has 1 unspecified atom stereocenters. The molecule has 0 spiro atoms. The van der Waals surface area contributed by atoms with Crippen LogP contribution in [0.2, 0.25) is 12.6 Å². The summed E-state index contributed by atoms with van der Waals surface area (Å²) in [6, 6.07) is 1.13. The molecule has 0 aromatic heterocycles. The minimum atomic E-state index is -0.995. The predicted octanol–water partition coefficient (Wildman–Crippen LogP) is 0.918. The number of nitrogens with one attached hydrogen (secondary N) is 1. The smallest absolute Gasteiger partial charge is 0.207 e. The van der Waals surface area contributed by atoms with Gasteiger partial charge in [0.05, 0.1) is 0 Å². The average Bonchev–Trinajstić information content (AvgIpc) is 2.24. The molecule has 1 amide bonds. The summed E-state index contributed by atoms with van der Waals surface area (Å²) in [6.45, 7) is 8.38. The summed E-state index contributed by atoms with van der Waals surface area (Å²) in [4.78, 5) is 10.0. The van der Waals surface area contributed by atoms with Crippen molar-refractivity contribution in [3.63, 3.8) is 0 Å². The van der Waals surface area contributed by atoms with E-state index >= 15 is 0 Å². The fraction of sp³-hybridized carbons (Fsp3) is 0.900. The van der Waals surface area contributed by atoms with Crippen LogP contribution in [0.15, 0.2) is 0 Å². The topological polar surface area (TPSA) is 47.6 Å². The van der Waals surface area contributed by atoms with E-state index in [1.807, 2.05) is 13.8 Å². The summed E-state index contributed by atoms with van der Waals surface area (Å²) < 4.78 is 11.1. The van der Waals surface area contributed by atoms with Crippen molar-refractivity contribution in [2.45, 2.75) is 38.8 Å². The molecule has 15 heavy (non-hydrogen) atoms. The van der Waals surface area contributed by atoms with E-state index in [-0.39, 0.29) is 5.91 Å². The summed E-state index contributed by atoms with van der Waals surface area (Å²) in [5, 5.41) is 2.67. The Balaban J connectivity index is 3.69. The third-order valence-electron chi connectivity index (χ3n) is 2.19. The predicted molar refractivity (Wildman–Crippen MR) is 63.5 cm³/mol. The van der Waals surface area contributed by atoms with Crippen LogP contribution in [0.25, 0.3) is 0 Å². The lowest BCUT2D eigenvalue weighted by atomic mass is 10.5. The lowest BCUT2D eigenvalue weighted by Crippen LogP contribution is -2.34. The molecular formula is C10H23NO3Si. The largest absolute Gasteiger partial charge is 0.359 e. The zero-order valence-electron chi connectivity index (χ0n) is 9.99. The molecule has 4 nitrogen and oxygen atoms in total. The summed E-state index contributed by atoms with van der Waals surface area (Å²) >= 11 is 0. The molecule has 1 N–H and O–H groups in total. The quantitative estimate of drug-likeness (QED) is 0.264. The van der Waals surface area contributed by atoms with Gasteiger partial charge in [0.15, 0.2) is 0 Å². The van der Waals surface area contributed by atoms with Gasteiger partial charge in [-0.05, 0) is 20.3 Å². The van der Waals surface area contributed by atoms with Crippen LogP contribution in [0.1, 0.15) is 20.3 Å². The number of carbonyl (C=O) groups is 1. The zero-order valence-corrected chi connectivity index (χ0v) is 11.1. The Bertz CT molecular complexity index is 152. The molecule has 0 aromatic carbocycles. The van der Waals surface area contributed by atoms with Crippen molar-refractivity contribution in [3.8, 4) is 0 Å². The molecule has 0 saturated heterocycles. The van der Waals surface area contributed by atoms with Gasteiger partial charge in [-0.1, -0.05) is 12.6 Å². The highest BCUT2D eigenvalue weighted by atomic mass is 28.3. The van der Waals surface area contributed by atoms with Crippen LogP contribution < -0.4 is 5.32 Å². The van der Waals surface area contributed by atoms with Gasteiger partial charge < -0.3 is 14.8 Å². The van der Waals surface area contributed by atoms with Gasteiger partial charge in [0, 0.05) is 19.8 Å². The second kappa shape index (κ2) is 10.1. The molecular weight excluding hydrogens is 210 g/mol. The van der Waals surface area contributed by atoms with Gasteiger partial charge in [-0.25, -0.2) is 0 Å². The van der Waals surface area contributed by atoms with Crippen molar-refractivity contribution in [2.24, 2.45) is 0 Å². The fourth-order valence-corrected chi connectivity index (χ4v) is 3.59. The van der Waals surface area contributed by atoms with Gasteiger partial charge in [0.25, 0.3) is 0 Å². The van der Waals surface area contributed by atoms with E-state index in [0.717, 1.165) is 25.4 Å². The Morgan fingerprint density at radius 3 is 2.40 bits per heavy atom. The second-order valence-electron chi connectivity index (χ2n) is 3.47. The molecule has 0 heterocycles. The maximum Gasteiger partial charge on any atom is 0.207 e. The monoisotopic (exact) mass is 233 g/mol. The number of hydrogen-bond donors (Lipinski definition) is 1. The van der Waals surface area contributed by atoms with Crippen LogP contribution in [0, 0.1) is 0 Å². The molecule has 0 aliphatic heterocycles. The van der Waals surface area contributed by atoms with Crippen LogP contribution >= 0.6 is 0 Å². The van der Waals surface area contributed by atoms with E-state index < -0.39 is 8.80 Å². The lowest BCUT2D eigenvalue weighted by Gasteiger charge is -2.22. The van der Waals surface area contributed by atoms with E-state index in [9.17, 15) is 4.79 Å². The van der Waals surface area contributed by atoms with E-state index in [0.29, 0.717) is 13.2 Å². The fourth-order valence-electron chi connectivity index (χ4n) is 1.43. The molecule has 0 saturated carbocycles. The maximum absolute atomic E-state index is 10.0. The highest BCUT2D eigenvalue weighted by molar-refractivity contribution is 6.58. The molecule has 0 aliphatic rings. The molecule has 0 bridgehead atoms. The Morgan fingerprint density at radius 1 is 1.33 bits per heavy atom. The van der Waals surface area contributed by atoms with Crippen LogP contribution in [0.4, 0.5) is 0 Å². The van der Waals surface area contributed by atoms with E-state index in [1.165, 1.54) is 0 Å². The zero-order chi connectivity index (χ0) is 11.5. The summed E-state index contributed by atoms with van der Waals surface area (Å²) in [6.07, 6.45) is 1.76. The minimum Gasteiger partial charge on any atom is -0.359 e. The minimum absolute atomic E-state index is 0.0243. The van der Waals surface area contributed by atoms with Gasteiger partial charge in [-0.3, -0.25) is 4.79 Å². The Labute approximate surface area is 93.9 Å². The molecule has 1 atom stereocenters. The second-order valence-corrected chi connectivity index (χ2v) is 6.55. The summed E-state index contributed by atoms with van der Waals surface area (Å²) in [7, 11) is -0.995. The van der Waals surface area contributed by atoms with Crippen molar-refractivity contribution in [3.05, 3.63) is 0 Å². The van der Waals surface area contributed by atoms with E-state index in [4.69, 9.17) is 9.47 Å². The van der Waals surface area contributed by atoms with Crippen LogP contribution in [-0.4, -0.2) is 40.9 Å². The highest BCUT2D eigenvalue weighted by Crippen LogP contribution is 2.07. The van der Waals surface area contributed by atoms with Crippen molar-refractivity contribution in [1.82, 2.24) is 5.32 Å². The molecule has 0 fully saturated rings. The van der Waals surface area contributed by atoms with Gasteiger partial charge in [-0.2, -0.15) is 0 Å². The maximum atomic E-state index is 10.0. The Kier molecular flexibility index (Phi) is 9.87. The highest BCUT2D eigenvalue weighted by Gasteiger charge is 2.18. The summed E-state index contributed by atoms with van der Waals surface area (Å²) in [5.74, 6) is 0.0243. The molecule has 0 aromatic rings. The molecule has 0 rings (SSSR count). The number of carbonyl (C=O) groups excluding carboxylic acids is 1. The van der Waals surface area contributed by atoms with Gasteiger partial charge in [0.1, 0.15) is 14.7 Å². The van der Waals surface area contributed by atoms with E-state index in [1.54, 1.807) is 0 Å². The van der Waals surface area contributed by atoms with Gasteiger partial charge >= 0.3 is 0 Å². The third-order valence-corrected chi connectivity index (χ3v) is 4.82. The third kappa shape index (κ3) is 7.53. The standard InChI is InChI=1S/C10H23NO3Si/c1-4-13-10(14-5-2)15(3)8-6-7-11-9-12/h9-10,15H,4-8H2,1-3H3,(H,11,12). The normalized spacial score (nSPS) is 12.8. The van der Waals surface area contributed by atoms with Gasteiger partial charge in [0.2, 0.25) is 6.41 Å².